The summed E-state index contributed by atoms with van der Waals surface area (Å²) in [6.07, 6.45) is 5.59. The molecular formula is C18H32Cl3N3. The SMILES string of the molecule is CN1CCN(CCNc2ccc(C3CCCC3)cc2)CC1.Cl.Cl.Cl. The van der Waals surface area contributed by atoms with Crippen LogP contribution in [0.25, 0.3) is 0 Å². The third-order valence-corrected chi connectivity index (χ3v) is 5.09. The van der Waals surface area contributed by atoms with Gasteiger partial charge in [-0.3, -0.25) is 4.90 Å². The number of nitrogens with zero attached hydrogens (tertiary/aromatic N) is 2. The first-order valence-corrected chi connectivity index (χ1v) is 8.56. The molecule has 0 spiro atoms. The quantitative estimate of drug-likeness (QED) is 0.802. The first kappa shape index (κ1) is 23.8. The molecule has 1 saturated heterocycles. The van der Waals surface area contributed by atoms with Crippen LogP contribution in [0.3, 0.4) is 0 Å². The van der Waals surface area contributed by atoms with Crippen molar-refractivity contribution >= 4 is 42.9 Å². The van der Waals surface area contributed by atoms with Crippen molar-refractivity contribution in [3.8, 4) is 0 Å². The molecule has 3 nitrogen and oxygen atoms in total. The van der Waals surface area contributed by atoms with Crippen LogP contribution >= 0.6 is 37.2 Å². The van der Waals surface area contributed by atoms with Crippen LogP contribution in [0.5, 0.6) is 0 Å². The number of hydrogen-bond donors (Lipinski definition) is 1. The molecule has 0 amide bonds. The summed E-state index contributed by atoms with van der Waals surface area (Å²) >= 11 is 0. The molecule has 1 N–H and O–H groups in total. The van der Waals surface area contributed by atoms with Gasteiger partial charge in [0.2, 0.25) is 0 Å². The van der Waals surface area contributed by atoms with Crippen LogP contribution in [0, 0.1) is 0 Å². The lowest BCUT2D eigenvalue weighted by molar-refractivity contribution is 0.158. The molecule has 2 fully saturated rings. The number of nitrogens with one attached hydrogen (secondary N) is 1. The van der Waals surface area contributed by atoms with Crippen LogP contribution < -0.4 is 5.32 Å². The zero-order valence-electron chi connectivity index (χ0n) is 14.6. The summed E-state index contributed by atoms with van der Waals surface area (Å²) < 4.78 is 0. The number of benzene rings is 1. The Morgan fingerprint density at radius 3 is 2.08 bits per heavy atom. The van der Waals surface area contributed by atoms with Crippen LogP contribution in [-0.2, 0) is 0 Å². The van der Waals surface area contributed by atoms with Gasteiger partial charge in [0.15, 0.2) is 0 Å². The fraction of sp³-hybridized carbons (Fsp3) is 0.667. The molecular weight excluding hydrogens is 365 g/mol. The molecule has 1 saturated carbocycles. The maximum absolute atomic E-state index is 3.57. The second-order valence-corrected chi connectivity index (χ2v) is 6.68. The van der Waals surface area contributed by atoms with Gasteiger partial charge in [-0.2, -0.15) is 0 Å². The average molecular weight is 397 g/mol. The van der Waals surface area contributed by atoms with Crippen molar-refractivity contribution in [2.45, 2.75) is 31.6 Å². The Hall–Kier alpha value is -0.190. The maximum Gasteiger partial charge on any atom is 0.0340 e. The first-order valence-electron chi connectivity index (χ1n) is 8.56. The van der Waals surface area contributed by atoms with Gasteiger partial charge in [0, 0.05) is 45.0 Å². The molecule has 3 rings (SSSR count). The Balaban J connectivity index is 0.00000176. The van der Waals surface area contributed by atoms with E-state index in [-0.39, 0.29) is 37.2 Å². The molecule has 1 aliphatic carbocycles. The summed E-state index contributed by atoms with van der Waals surface area (Å²) in [6.45, 7) is 7.02. The highest BCUT2D eigenvalue weighted by molar-refractivity contribution is 5.86. The number of likely N-dealkylation sites (N-methyl/N-ethyl adjacent to an activating group) is 1. The number of anilines is 1. The van der Waals surface area contributed by atoms with Gasteiger partial charge in [-0.05, 0) is 43.5 Å². The van der Waals surface area contributed by atoms with Crippen molar-refractivity contribution in [2.24, 2.45) is 0 Å². The molecule has 0 radical (unpaired) electrons. The molecule has 0 atom stereocenters. The van der Waals surface area contributed by atoms with Crippen molar-refractivity contribution in [1.82, 2.24) is 9.80 Å². The predicted octanol–water partition coefficient (Wildman–Crippen LogP) is 4.27. The summed E-state index contributed by atoms with van der Waals surface area (Å²) in [5.74, 6) is 0.824. The van der Waals surface area contributed by atoms with Crippen LogP contribution in [0.15, 0.2) is 24.3 Å². The van der Waals surface area contributed by atoms with Crippen molar-refractivity contribution in [1.29, 1.82) is 0 Å². The minimum atomic E-state index is 0. The number of hydrogen-bond acceptors (Lipinski definition) is 3. The summed E-state index contributed by atoms with van der Waals surface area (Å²) in [7, 11) is 2.21. The average Bonchev–Trinajstić information content (AvgIpc) is 3.04. The minimum Gasteiger partial charge on any atom is -0.384 e. The molecule has 24 heavy (non-hydrogen) atoms. The van der Waals surface area contributed by atoms with Crippen molar-refractivity contribution in [2.75, 3.05) is 51.6 Å². The lowest BCUT2D eigenvalue weighted by Gasteiger charge is -2.32. The Kier molecular flexibility index (Phi) is 12.1. The second-order valence-electron chi connectivity index (χ2n) is 6.68. The molecule has 0 aromatic heterocycles. The van der Waals surface area contributed by atoms with Crippen LogP contribution in [0.2, 0.25) is 0 Å². The molecule has 140 valence electrons. The van der Waals surface area contributed by atoms with Gasteiger partial charge in [-0.1, -0.05) is 25.0 Å². The van der Waals surface area contributed by atoms with Gasteiger partial charge in [0.1, 0.15) is 0 Å². The minimum absolute atomic E-state index is 0. The molecule has 1 aromatic carbocycles. The van der Waals surface area contributed by atoms with E-state index in [2.05, 4.69) is 46.4 Å². The van der Waals surface area contributed by atoms with E-state index in [1.807, 2.05) is 0 Å². The van der Waals surface area contributed by atoms with E-state index in [1.165, 1.54) is 63.1 Å². The van der Waals surface area contributed by atoms with Gasteiger partial charge < -0.3 is 10.2 Å². The van der Waals surface area contributed by atoms with E-state index in [9.17, 15) is 0 Å². The Morgan fingerprint density at radius 2 is 1.50 bits per heavy atom. The highest BCUT2D eigenvalue weighted by atomic mass is 35.5. The summed E-state index contributed by atoms with van der Waals surface area (Å²) in [5, 5.41) is 3.57. The third-order valence-electron chi connectivity index (χ3n) is 5.09. The van der Waals surface area contributed by atoms with Crippen LogP contribution in [0.1, 0.15) is 37.2 Å². The van der Waals surface area contributed by atoms with Gasteiger partial charge in [-0.15, -0.1) is 37.2 Å². The smallest absolute Gasteiger partial charge is 0.0340 e. The van der Waals surface area contributed by atoms with Gasteiger partial charge >= 0.3 is 0 Å². The molecule has 0 unspecified atom stereocenters. The Morgan fingerprint density at radius 1 is 0.917 bits per heavy atom. The highest BCUT2D eigenvalue weighted by Crippen LogP contribution is 2.34. The van der Waals surface area contributed by atoms with E-state index in [1.54, 1.807) is 0 Å². The largest absolute Gasteiger partial charge is 0.384 e. The number of halogens is 3. The molecule has 6 heteroatoms. The van der Waals surface area contributed by atoms with Crippen molar-refractivity contribution in [3.05, 3.63) is 29.8 Å². The predicted molar refractivity (Wildman–Crippen MR) is 112 cm³/mol. The van der Waals surface area contributed by atoms with E-state index in [0.717, 1.165) is 19.0 Å². The topological polar surface area (TPSA) is 18.5 Å². The zero-order chi connectivity index (χ0) is 14.5. The van der Waals surface area contributed by atoms with Gasteiger partial charge in [0.25, 0.3) is 0 Å². The fourth-order valence-corrected chi connectivity index (χ4v) is 3.56. The maximum atomic E-state index is 3.57. The van der Waals surface area contributed by atoms with Crippen molar-refractivity contribution in [3.63, 3.8) is 0 Å². The lowest BCUT2D eigenvalue weighted by Crippen LogP contribution is -2.45. The number of piperazine rings is 1. The van der Waals surface area contributed by atoms with E-state index < -0.39 is 0 Å². The van der Waals surface area contributed by atoms with E-state index in [0.29, 0.717) is 0 Å². The highest BCUT2D eigenvalue weighted by Gasteiger charge is 2.16. The first-order chi connectivity index (χ1) is 10.3. The van der Waals surface area contributed by atoms with Crippen LogP contribution in [-0.4, -0.2) is 56.1 Å². The monoisotopic (exact) mass is 395 g/mol. The molecule has 1 heterocycles. The van der Waals surface area contributed by atoms with E-state index >= 15 is 0 Å². The van der Waals surface area contributed by atoms with Crippen molar-refractivity contribution < 1.29 is 0 Å². The zero-order valence-corrected chi connectivity index (χ0v) is 17.0. The normalized spacial score (nSPS) is 19.0. The third kappa shape index (κ3) is 6.97. The Labute approximate surface area is 165 Å². The summed E-state index contributed by atoms with van der Waals surface area (Å²) in [6, 6.07) is 9.18. The Bertz CT molecular complexity index is 428. The standard InChI is InChI=1S/C18H29N3.3ClH/c1-20-12-14-21(15-13-20)11-10-19-18-8-6-17(7-9-18)16-4-2-3-5-16;;;/h6-9,16,19H,2-5,10-15H2,1H3;3*1H. The summed E-state index contributed by atoms with van der Waals surface area (Å²) in [4.78, 5) is 4.96. The van der Waals surface area contributed by atoms with Gasteiger partial charge in [-0.25, -0.2) is 0 Å². The molecule has 1 aromatic rings. The molecule has 2 aliphatic rings. The number of rotatable bonds is 5. The summed E-state index contributed by atoms with van der Waals surface area (Å²) in [5.41, 5.74) is 2.81. The van der Waals surface area contributed by atoms with E-state index in [4.69, 9.17) is 0 Å². The fourth-order valence-electron chi connectivity index (χ4n) is 3.56. The molecule has 1 aliphatic heterocycles. The second kappa shape index (κ2) is 12.2. The van der Waals surface area contributed by atoms with Crippen LogP contribution in [0.4, 0.5) is 5.69 Å². The lowest BCUT2D eigenvalue weighted by atomic mass is 9.98. The molecule has 0 bridgehead atoms. The van der Waals surface area contributed by atoms with Gasteiger partial charge in [0.05, 0.1) is 0 Å².